The third-order valence-electron chi connectivity index (χ3n) is 4.73. The highest BCUT2D eigenvalue weighted by Crippen LogP contribution is 2.28. The van der Waals surface area contributed by atoms with Crippen LogP contribution in [0.25, 0.3) is 11.0 Å². The van der Waals surface area contributed by atoms with Crippen LogP contribution in [0.4, 0.5) is 17.6 Å². The summed E-state index contributed by atoms with van der Waals surface area (Å²) in [5.74, 6) is 1.73. The van der Waals surface area contributed by atoms with Crippen molar-refractivity contribution in [3.63, 3.8) is 0 Å². The monoisotopic (exact) mass is 426 g/mol. The third-order valence-corrected chi connectivity index (χ3v) is 4.73. The van der Waals surface area contributed by atoms with Crippen molar-refractivity contribution >= 4 is 34.5 Å². The molecular formula is C21H30N8O2. The van der Waals surface area contributed by atoms with E-state index >= 15 is 0 Å². The van der Waals surface area contributed by atoms with Crippen LogP contribution in [0.2, 0.25) is 0 Å². The van der Waals surface area contributed by atoms with Gasteiger partial charge in [-0.25, -0.2) is 9.97 Å². The van der Waals surface area contributed by atoms with Crippen molar-refractivity contribution in [3.05, 3.63) is 29.6 Å². The average Bonchev–Trinajstić information content (AvgIpc) is 3.06. The maximum Gasteiger partial charge on any atom is 0.225 e. The highest BCUT2D eigenvalue weighted by molar-refractivity contribution is 5.90. The van der Waals surface area contributed by atoms with E-state index in [4.69, 9.17) is 14.8 Å². The molecule has 0 unspecified atom stereocenters. The molecule has 0 saturated carbocycles. The van der Waals surface area contributed by atoms with Crippen molar-refractivity contribution in [2.75, 3.05) is 37.4 Å². The van der Waals surface area contributed by atoms with Crippen LogP contribution in [-0.4, -0.2) is 62.3 Å². The molecule has 0 spiro atoms. The fraction of sp³-hybridized carbons (Fsp3) is 0.476. The number of pyridine rings is 1. The Hall–Kier alpha value is -3.27. The molecule has 1 amide bonds. The quantitative estimate of drug-likeness (QED) is 0.476. The second kappa shape index (κ2) is 10.2. The van der Waals surface area contributed by atoms with E-state index in [2.05, 4.69) is 20.6 Å². The maximum atomic E-state index is 11.8. The summed E-state index contributed by atoms with van der Waals surface area (Å²) in [7, 11) is 1.75. The normalized spacial score (nSPS) is 11.0. The van der Waals surface area contributed by atoms with Gasteiger partial charge in [-0.3, -0.25) is 9.48 Å². The Kier molecular flexibility index (Phi) is 7.35. The van der Waals surface area contributed by atoms with Gasteiger partial charge in [0.2, 0.25) is 11.9 Å². The fourth-order valence-corrected chi connectivity index (χ4v) is 3.09. The van der Waals surface area contributed by atoms with Gasteiger partial charge in [-0.2, -0.15) is 10.1 Å². The van der Waals surface area contributed by atoms with Gasteiger partial charge in [0.05, 0.1) is 19.7 Å². The van der Waals surface area contributed by atoms with E-state index in [0.717, 1.165) is 11.1 Å². The predicted octanol–water partition coefficient (Wildman–Crippen LogP) is 2.72. The van der Waals surface area contributed by atoms with Gasteiger partial charge in [0.25, 0.3) is 0 Å². The van der Waals surface area contributed by atoms with Gasteiger partial charge < -0.3 is 20.3 Å². The standard InChI is InChI=1S/C21H30N8O2/c1-6-22-21-25-18-16(13-28(5)15(4)30)27-29(10-11-31-7-2)19(18)20(26-21)24-17-12-14(3)8-9-23-17/h8-9,12H,6-7,10-11,13H2,1-5H3,(H2,22,23,24,25,26). The molecule has 0 fully saturated rings. The first-order valence-electron chi connectivity index (χ1n) is 10.4. The first-order chi connectivity index (χ1) is 14.9. The van der Waals surface area contributed by atoms with Gasteiger partial charge in [0.15, 0.2) is 5.82 Å². The molecule has 166 valence electrons. The third kappa shape index (κ3) is 5.46. The van der Waals surface area contributed by atoms with Crippen LogP contribution < -0.4 is 10.6 Å². The molecule has 10 nitrogen and oxygen atoms in total. The molecule has 0 aliphatic heterocycles. The molecule has 10 heteroatoms. The molecule has 3 rings (SSSR count). The Labute approximate surface area is 182 Å². The number of rotatable bonds is 10. The van der Waals surface area contributed by atoms with Crippen LogP contribution in [0.1, 0.15) is 32.0 Å². The number of hydrogen-bond donors (Lipinski definition) is 2. The lowest BCUT2D eigenvalue weighted by atomic mass is 10.3. The molecule has 0 aliphatic rings. The zero-order valence-electron chi connectivity index (χ0n) is 18.8. The van der Waals surface area contributed by atoms with Crippen LogP contribution in [0.5, 0.6) is 0 Å². The SMILES string of the molecule is CCNc1nc(Nc2cc(C)ccn2)c2c(n1)c(CN(C)C(C)=O)nn2CCOCC. The van der Waals surface area contributed by atoms with E-state index in [1.165, 1.54) is 6.92 Å². The summed E-state index contributed by atoms with van der Waals surface area (Å²) in [5, 5.41) is 11.3. The summed E-state index contributed by atoms with van der Waals surface area (Å²) >= 11 is 0. The van der Waals surface area contributed by atoms with Gasteiger partial charge in [-0.1, -0.05) is 0 Å². The van der Waals surface area contributed by atoms with E-state index in [1.54, 1.807) is 18.1 Å². The van der Waals surface area contributed by atoms with Crippen molar-refractivity contribution in [2.45, 2.75) is 40.8 Å². The highest BCUT2D eigenvalue weighted by atomic mass is 16.5. The lowest BCUT2D eigenvalue weighted by Gasteiger charge is -2.13. The van der Waals surface area contributed by atoms with Crippen LogP contribution in [0.3, 0.4) is 0 Å². The molecule has 0 saturated heterocycles. The minimum atomic E-state index is -0.0414. The molecule has 0 radical (unpaired) electrons. The van der Waals surface area contributed by atoms with E-state index in [1.807, 2.05) is 37.6 Å². The number of anilines is 3. The molecule has 3 heterocycles. The lowest BCUT2D eigenvalue weighted by Crippen LogP contribution is -2.23. The van der Waals surface area contributed by atoms with Crippen molar-refractivity contribution in [2.24, 2.45) is 0 Å². The number of nitrogens with one attached hydrogen (secondary N) is 2. The largest absolute Gasteiger partial charge is 0.380 e. The van der Waals surface area contributed by atoms with Crippen molar-refractivity contribution in [1.82, 2.24) is 29.6 Å². The molecule has 0 atom stereocenters. The Morgan fingerprint density at radius 2 is 2.10 bits per heavy atom. The number of aromatic nitrogens is 5. The second-order valence-corrected chi connectivity index (χ2v) is 7.21. The summed E-state index contributed by atoms with van der Waals surface area (Å²) in [6.45, 7) is 10.2. The lowest BCUT2D eigenvalue weighted by molar-refractivity contribution is -0.128. The minimum Gasteiger partial charge on any atom is -0.380 e. The maximum absolute atomic E-state index is 11.8. The van der Waals surface area contributed by atoms with Crippen LogP contribution in [-0.2, 0) is 22.6 Å². The number of carbonyl (C=O) groups is 1. The van der Waals surface area contributed by atoms with Gasteiger partial charge in [-0.15, -0.1) is 0 Å². The first kappa shape index (κ1) is 22.4. The second-order valence-electron chi connectivity index (χ2n) is 7.21. The predicted molar refractivity (Wildman–Crippen MR) is 120 cm³/mol. The molecule has 3 aromatic rings. The van der Waals surface area contributed by atoms with E-state index < -0.39 is 0 Å². The zero-order valence-corrected chi connectivity index (χ0v) is 18.8. The van der Waals surface area contributed by atoms with E-state index in [9.17, 15) is 4.79 Å². The molecular weight excluding hydrogens is 396 g/mol. The van der Waals surface area contributed by atoms with Crippen molar-refractivity contribution in [1.29, 1.82) is 0 Å². The first-order valence-corrected chi connectivity index (χ1v) is 10.4. The van der Waals surface area contributed by atoms with E-state index in [0.29, 0.717) is 61.6 Å². The highest BCUT2D eigenvalue weighted by Gasteiger charge is 2.21. The van der Waals surface area contributed by atoms with Crippen LogP contribution in [0.15, 0.2) is 18.3 Å². The number of carbonyl (C=O) groups excluding carboxylic acids is 1. The Morgan fingerprint density at radius 3 is 2.77 bits per heavy atom. The number of fused-ring (bicyclic) bond motifs is 1. The summed E-state index contributed by atoms with van der Waals surface area (Å²) in [6, 6.07) is 3.89. The van der Waals surface area contributed by atoms with Gasteiger partial charge in [-0.05, 0) is 38.5 Å². The van der Waals surface area contributed by atoms with Crippen molar-refractivity contribution in [3.8, 4) is 0 Å². The van der Waals surface area contributed by atoms with Crippen LogP contribution >= 0.6 is 0 Å². The minimum absolute atomic E-state index is 0.0414. The van der Waals surface area contributed by atoms with Gasteiger partial charge in [0.1, 0.15) is 22.5 Å². The number of hydrogen-bond acceptors (Lipinski definition) is 8. The molecule has 0 aromatic carbocycles. The number of nitrogens with zero attached hydrogens (tertiary/aromatic N) is 6. The molecule has 3 aromatic heterocycles. The molecule has 31 heavy (non-hydrogen) atoms. The Balaban J connectivity index is 2.13. The number of ether oxygens (including phenoxy) is 1. The number of amides is 1. The summed E-state index contributed by atoms with van der Waals surface area (Å²) in [4.78, 5) is 27.2. The topological polar surface area (TPSA) is 110 Å². The fourth-order valence-electron chi connectivity index (χ4n) is 3.09. The Morgan fingerprint density at radius 1 is 1.29 bits per heavy atom. The average molecular weight is 427 g/mol. The van der Waals surface area contributed by atoms with Gasteiger partial charge in [0, 0.05) is 33.3 Å². The summed E-state index contributed by atoms with van der Waals surface area (Å²) in [6.07, 6.45) is 1.75. The summed E-state index contributed by atoms with van der Waals surface area (Å²) < 4.78 is 7.38. The smallest absolute Gasteiger partial charge is 0.225 e. The molecule has 2 N–H and O–H groups in total. The molecule has 0 aliphatic carbocycles. The van der Waals surface area contributed by atoms with Crippen molar-refractivity contribution < 1.29 is 9.53 Å². The molecule has 0 bridgehead atoms. The van der Waals surface area contributed by atoms with Crippen LogP contribution in [0, 0.1) is 6.92 Å². The summed E-state index contributed by atoms with van der Waals surface area (Å²) in [5.41, 5.74) is 3.22. The van der Waals surface area contributed by atoms with E-state index in [-0.39, 0.29) is 5.91 Å². The van der Waals surface area contributed by atoms with Gasteiger partial charge >= 0.3 is 0 Å². The zero-order chi connectivity index (χ0) is 22.4. The number of aryl methyl sites for hydroxylation is 1. The Bertz CT molecular complexity index is 1050.